The van der Waals surface area contributed by atoms with E-state index in [1.807, 2.05) is 23.9 Å². The van der Waals surface area contributed by atoms with Gasteiger partial charge in [0.1, 0.15) is 5.65 Å². The Balaban J connectivity index is 2.19. The van der Waals surface area contributed by atoms with Gasteiger partial charge < -0.3 is 14.9 Å². The molecule has 3 aromatic heterocycles. The molecule has 3 rings (SSSR count). The summed E-state index contributed by atoms with van der Waals surface area (Å²) in [7, 11) is 1.92. The van der Waals surface area contributed by atoms with Crippen molar-refractivity contribution in [2.75, 3.05) is 5.32 Å². The molecule has 0 aliphatic heterocycles. The summed E-state index contributed by atoms with van der Waals surface area (Å²) < 4.78 is 1.91. The minimum Gasteiger partial charge on any atom is -0.337 e. The first-order chi connectivity index (χ1) is 8.79. The van der Waals surface area contributed by atoms with Crippen LogP contribution in [0, 0.1) is 0 Å². The Morgan fingerprint density at radius 2 is 2.28 bits per heavy atom. The van der Waals surface area contributed by atoms with Crippen LogP contribution in [-0.2, 0) is 11.8 Å². The number of nitrogens with zero attached hydrogens (tertiary/aromatic N) is 3. The van der Waals surface area contributed by atoms with E-state index < -0.39 is 0 Å². The van der Waals surface area contributed by atoms with Gasteiger partial charge in [0.25, 0.3) is 0 Å². The maximum Gasteiger partial charge on any atom is 0.211 e. The maximum atomic E-state index is 10.5. The Morgan fingerprint density at radius 1 is 1.39 bits per heavy atom. The van der Waals surface area contributed by atoms with E-state index in [0.29, 0.717) is 6.41 Å². The summed E-state index contributed by atoms with van der Waals surface area (Å²) in [6, 6.07) is 3.68. The third-order valence-corrected chi connectivity index (χ3v) is 2.81. The van der Waals surface area contributed by atoms with Gasteiger partial charge in [-0.05, 0) is 12.1 Å². The van der Waals surface area contributed by atoms with Crippen LogP contribution in [0.3, 0.4) is 0 Å². The standard InChI is InChI=1S/C12H11N5O/c1-17-5-4-14-12(17)10-6-8-9(15-7-18)2-3-13-11(8)16-10/h2-7H,1H3,(H2,13,15,16,18). The van der Waals surface area contributed by atoms with Crippen molar-refractivity contribution in [3.63, 3.8) is 0 Å². The van der Waals surface area contributed by atoms with Gasteiger partial charge in [-0.3, -0.25) is 4.79 Å². The van der Waals surface area contributed by atoms with Gasteiger partial charge in [0, 0.05) is 31.0 Å². The van der Waals surface area contributed by atoms with Crippen molar-refractivity contribution in [3.05, 3.63) is 30.7 Å². The second-order valence-corrected chi connectivity index (χ2v) is 3.93. The van der Waals surface area contributed by atoms with Crippen LogP contribution in [-0.4, -0.2) is 25.9 Å². The average Bonchev–Trinajstić information content (AvgIpc) is 2.95. The molecule has 0 fully saturated rings. The Labute approximate surface area is 103 Å². The predicted molar refractivity (Wildman–Crippen MR) is 68.0 cm³/mol. The van der Waals surface area contributed by atoms with Crippen LogP contribution in [0.5, 0.6) is 0 Å². The number of aryl methyl sites for hydroxylation is 1. The SMILES string of the molecule is Cn1ccnc1-c1cc2c(NC=O)ccnc2[nH]1. The van der Waals surface area contributed by atoms with E-state index in [2.05, 4.69) is 20.3 Å². The molecule has 0 unspecified atom stereocenters. The number of pyridine rings is 1. The molecule has 1 amide bonds. The van der Waals surface area contributed by atoms with E-state index >= 15 is 0 Å². The lowest BCUT2D eigenvalue weighted by Gasteiger charge is -1.98. The largest absolute Gasteiger partial charge is 0.337 e. The summed E-state index contributed by atoms with van der Waals surface area (Å²) in [6.45, 7) is 0. The molecule has 0 bridgehead atoms. The summed E-state index contributed by atoms with van der Waals surface area (Å²) in [5.74, 6) is 0.824. The smallest absolute Gasteiger partial charge is 0.211 e. The molecule has 90 valence electrons. The number of imidazole rings is 1. The summed E-state index contributed by atoms with van der Waals surface area (Å²) >= 11 is 0. The van der Waals surface area contributed by atoms with Crippen LogP contribution in [0.25, 0.3) is 22.6 Å². The lowest BCUT2D eigenvalue weighted by Crippen LogP contribution is -1.94. The number of rotatable bonds is 3. The molecular formula is C12H11N5O. The monoisotopic (exact) mass is 241 g/mol. The number of hydrogen-bond donors (Lipinski definition) is 2. The molecule has 0 saturated heterocycles. The number of H-pyrrole nitrogens is 1. The topological polar surface area (TPSA) is 75.6 Å². The van der Waals surface area contributed by atoms with E-state index in [-0.39, 0.29) is 0 Å². The summed E-state index contributed by atoms with van der Waals surface area (Å²) in [5, 5.41) is 3.52. The second kappa shape index (κ2) is 3.99. The number of fused-ring (bicyclic) bond motifs is 1. The fourth-order valence-electron chi connectivity index (χ4n) is 1.96. The van der Waals surface area contributed by atoms with Gasteiger partial charge in [0.15, 0.2) is 5.82 Å². The Bertz CT molecular complexity index is 712. The van der Waals surface area contributed by atoms with E-state index in [1.165, 1.54) is 0 Å². The molecule has 3 heterocycles. The van der Waals surface area contributed by atoms with Crippen molar-refractivity contribution in [3.8, 4) is 11.5 Å². The van der Waals surface area contributed by atoms with Gasteiger partial charge in [-0.2, -0.15) is 0 Å². The highest BCUT2D eigenvalue weighted by atomic mass is 16.1. The van der Waals surface area contributed by atoms with E-state index in [4.69, 9.17) is 0 Å². The number of anilines is 1. The minimum atomic E-state index is 0.655. The fraction of sp³-hybridized carbons (Fsp3) is 0.0833. The van der Waals surface area contributed by atoms with Crippen LogP contribution in [0.1, 0.15) is 0 Å². The van der Waals surface area contributed by atoms with Crippen molar-refractivity contribution >= 4 is 23.1 Å². The molecule has 0 aliphatic carbocycles. The lowest BCUT2D eigenvalue weighted by atomic mass is 10.2. The van der Waals surface area contributed by atoms with Gasteiger partial charge in [-0.15, -0.1) is 0 Å². The molecular weight excluding hydrogens is 230 g/mol. The Morgan fingerprint density at radius 3 is 3.00 bits per heavy atom. The van der Waals surface area contributed by atoms with Gasteiger partial charge >= 0.3 is 0 Å². The van der Waals surface area contributed by atoms with Gasteiger partial charge in [-0.25, -0.2) is 9.97 Å². The molecule has 0 atom stereocenters. The zero-order chi connectivity index (χ0) is 12.5. The normalized spacial score (nSPS) is 10.7. The molecule has 0 aromatic carbocycles. The average molecular weight is 241 g/mol. The molecule has 6 heteroatoms. The maximum absolute atomic E-state index is 10.5. The Hall–Kier alpha value is -2.63. The highest BCUT2D eigenvalue weighted by molar-refractivity contribution is 5.96. The zero-order valence-corrected chi connectivity index (χ0v) is 9.71. The zero-order valence-electron chi connectivity index (χ0n) is 9.71. The molecule has 0 spiro atoms. The second-order valence-electron chi connectivity index (χ2n) is 3.93. The molecule has 18 heavy (non-hydrogen) atoms. The first kappa shape index (κ1) is 10.5. The van der Waals surface area contributed by atoms with Crippen molar-refractivity contribution in [1.82, 2.24) is 19.5 Å². The van der Waals surface area contributed by atoms with Gasteiger partial charge in [0.2, 0.25) is 6.41 Å². The van der Waals surface area contributed by atoms with Gasteiger partial charge in [-0.1, -0.05) is 0 Å². The van der Waals surface area contributed by atoms with Crippen LogP contribution in [0.15, 0.2) is 30.7 Å². The predicted octanol–water partition coefficient (Wildman–Crippen LogP) is 1.53. The van der Waals surface area contributed by atoms with Crippen LogP contribution in [0.2, 0.25) is 0 Å². The van der Waals surface area contributed by atoms with Crippen LogP contribution >= 0.6 is 0 Å². The number of aromatic amines is 1. The Kier molecular flexibility index (Phi) is 2.33. The van der Waals surface area contributed by atoms with Crippen molar-refractivity contribution in [2.45, 2.75) is 0 Å². The van der Waals surface area contributed by atoms with E-state index in [1.54, 1.807) is 18.5 Å². The molecule has 3 aromatic rings. The number of aromatic nitrogens is 4. The van der Waals surface area contributed by atoms with Crippen molar-refractivity contribution in [1.29, 1.82) is 0 Å². The molecule has 0 saturated carbocycles. The molecule has 0 radical (unpaired) electrons. The van der Waals surface area contributed by atoms with Crippen LogP contribution < -0.4 is 5.32 Å². The number of nitrogens with one attached hydrogen (secondary N) is 2. The van der Waals surface area contributed by atoms with Crippen LogP contribution in [0.4, 0.5) is 5.69 Å². The summed E-state index contributed by atoms with van der Waals surface area (Å²) in [4.78, 5) is 22.2. The quantitative estimate of drug-likeness (QED) is 0.683. The third kappa shape index (κ3) is 1.55. The fourth-order valence-corrected chi connectivity index (χ4v) is 1.96. The number of carbonyl (C=O) groups is 1. The first-order valence-electron chi connectivity index (χ1n) is 5.45. The molecule has 2 N–H and O–H groups in total. The number of hydrogen-bond acceptors (Lipinski definition) is 3. The third-order valence-electron chi connectivity index (χ3n) is 2.81. The first-order valence-corrected chi connectivity index (χ1v) is 5.45. The van der Waals surface area contributed by atoms with E-state index in [0.717, 1.165) is 28.2 Å². The number of amides is 1. The van der Waals surface area contributed by atoms with Crippen molar-refractivity contribution < 1.29 is 4.79 Å². The van der Waals surface area contributed by atoms with Gasteiger partial charge in [0.05, 0.1) is 11.4 Å². The lowest BCUT2D eigenvalue weighted by molar-refractivity contribution is -0.105. The van der Waals surface area contributed by atoms with E-state index in [9.17, 15) is 4.79 Å². The van der Waals surface area contributed by atoms with Crippen molar-refractivity contribution in [2.24, 2.45) is 7.05 Å². The minimum absolute atomic E-state index is 0.655. The highest BCUT2D eigenvalue weighted by Gasteiger charge is 2.10. The molecule has 0 aliphatic rings. The molecule has 6 nitrogen and oxygen atoms in total. The summed E-state index contributed by atoms with van der Waals surface area (Å²) in [5.41, 5.74) is 2.32. The number of carbonyl (C=O) groups excluding carboxylic acids is 1. The summed E-state index contributed by atoms with van der Waals surface area (Å²) in [6.07, 6.45) is 5.91. The highest BCUT2D eigenvalue weighted by Crippen LogP contribution is 2.26.